The van der Waals surface area contributed by atoms with E-state index in [1.54, 1.807) is 4.90 Å². The van der Waals surface area contributed by atoms with Crippen molar-refractivity contribution in [2.45, 2.75) is 33.1 Å². The van der Waals surface area contributed by atoms with Crippen LogP contribution < -0.4 is 10.2 Å². The SMILES string of the molecule is Cc1ccc(N2CC[C@H](C(=O)NCCCc3cn[nH]c3C)C2=O)cc1. The number of hydrogen-bond donors (Lipinski definition) is 2. The number of aryl methyl sites for hydroxylation is 3. The summed E-state index contributed by atoms with van der Waals surface area (Å²) in [5.41, 5.74) is 4.24. The fraction of sp³-hybridized carbons (Fsp3) is 0.421. The van der Waals surface area contributed by atoms with Crippen LogP contribution in [0, 0.1) is 19.8 Å². The van der Waals surface area contributed by atoms with Crippen molar-refractivity contribution < 1.29 is 9.59 Å². The summed E-state index contributed by atoms with van der Waals surface area (Å²) in [6.45, 7) is 5.15. The quantitative estimate of drug-likeness (QED) is 0.625. The summed E-state index contributed by atoms with van der Waals surface area (Å²) in [7, 11) is 0. The molecule has 0 radical (unpaired) electrons. The van der Waals surface area contributed by atoms with Crippen LogP contribution in [0.4, 0.5) is 5.69 Å². The largest absolute Gasteiger partial charge is 0.355 e. The fourth-order valence-corrected chi connectivity index (χ4v) is 3.15. The molecule has 2 aromatic rings. The van der Waals surface area contributed by atoms with Crippen molar-refractivity contribution in [2.24, 2.45) is 5.92 Å². The molecule has 6 nitrogen and oxygen atoms in total. The van der Waals surface area contributed by atoms with Gasteiger partial charge in [-0.2, -0.15) is 5.10 Å². The molecule has 0 unspecified atom stereocenters. The van der Waals surface area contributed by atoms with E-state index in [1.807, 2.05) is 44.3 Å². The number of nitrogens with zero attached hydrogens (tertiary/aromatic N) is 2. The Kier molecular flexibility index (Phi) is 5.16. The van der Waals surface area contributed by atoms with Gasteiger partial charge in [-0.05, 0) is 50.8 Å². The van der Waals surface area contributed by atoms with Crippen molar-refractivity contribution in [2.75, 3.05) is 18.0 Å². The Morgan fingerprint density at radius 2 is 2.08 bits per heavy atom. The van der Waals surface area contributed by atoms with Crippen LogP contribution in [-0.4, -0.2) is 35.1 Å². The predicted molar refractivity (Wildman–Crippen MR) is 96.3 cm³/mol. The topological polar surface area (TPSA) is 78.1 Å². The molecule has 0 bridgehead atoms. The maximum Gasteiger partial charge on any atom is 0.239 e. The van der Waals surface area contributed by atoms with E-state index >= 15 is 0 Å². The lowest BCUT2D eigenvalue weighted by Crippen LogP contribution is -2.37. The molecule has 6 heteroatoms. The molecular formula is C19H24N4O2. The molecule has 1 aromatic heterocycles. The summed E-state index contributed by atoms with van der Waals surface area (Å²) < 4.78 is 0. The molecule has 0 spiro atoms. The lowest BCUT2D eigenvalue weighted by atomic mass is 10.1. The van der Waals surface area contributed by atoms with Crippen LogP contribution in [0.3, 0.4) is 0 Å². The van der Waals surface area contributed by atoms with Gasteiger partial charge in [0.1, 0.15) is 5.92 Å². The Balaban J connectivity index is 1.48. The maximum absolute atomic E-state index is 12.5. The summed E-state index contributed by atoms with van der Waals surface area (Å²) in [6, 6.07) is 7.82. The highest BCUT2D eigenvalue weighted by molar-refractivity contribution is 6.09. The minimum atomic E-state index is -0.572. The van der Waals surface area contributed by atoms with Crippen LogP contribution in [0.1, 0.15) is 29.7 Å². The van der Waals surface area contributed by atoms with Crippen LogP contribution in [0.25, 0.3) is 0 Å². The van der Waals surface area contributed by atoms with Gasteiger partial charge in [0.2, 0.25) is 11.8 Å². The van der Waals surface area contributed by atoms with Gasteiger partial charge in [-0.15, -0.1) is 0 Å². The Bertz CT molecular complexity index is 751. The Morgan fingerprint density at radius 1 is 1.32 bits per heavy atom. The number of carbonyl (C=O) groups excluding carboxylic acids is 2. The Hall–Kier alpha value is -2.63. The van der Waals surface area contributed by atoms with E-state index in [0.717, 1.165) is 35.3 Å². The normalized spacial score (nSPS) is 17.1. The standard InChI is InChI=1S/C19H24N4O2/c1-13-5-7-16(8-6-13)23-11-9-17(19(23)25)18(24)20-10-3-4-15-12-21-22-14(15)2/h5-8,12,17H,3-4,9-11H2,1-2H3,(H,20,24)(H,21,22)/t17-/m1/s1. The second kappa shape index (κ2) is 7.51. The zero-order valence-corrected chi connectivity index (χ0v) is 14.7. The van der Waals surface area contributed by atoms with Gasteiger partial charge in [0.15, 0.2) is 0 Å². The Labute approximate surface area is 147 Å². The average molecular weight is 340 g/mol. The third-order valence-corrected chi connectivity index (χ3v) is 4.72. The zero-order valence-electron chi connectivity index (χ0n) is 14.7. The molecule has 1 fully saturated rings. The van der Waals surface area contributed by atoms with Crippen LogP contribution in [0.2, 0.25) is 0 Å². The van der Waals surface area contributed by atoms with E-state index in [-0.39, 0.29) is 11.8 Å². The first-order chi connectivity index (χ1) is 12.1. The highest BCUT2D eigenvalue weighted by Crippen LogP contribution is 2.25. The molecule has 1 aromatic carbocycles. The first kappa shape index (κ1) is 17.2. The zero-order chi connectivity index (χ0) is 17.8. The van der Waals surface area contributed by atoms with Crippen molar-refractivity contribution in [1.82, 2.24) is 15.5 Å². The van der Waals surface area contributed by atoms with Gasteiger partial charge < -0.3 is 10.2 Å². The van der Waals surface area contributed by atoms with Gasteiger partial charge in [-0.3, -0.25) is 14.7 Å². The molecule has 3 rings (SSSR count). The number of anilines is 1. The first-order valence-electron chi connectivity index (χ1n) is 8.71. The van der Waals surface area contributed by atoms with E-state index < -0.39 is 5.92 Å². The molecule has 1 aliphatic rings. The predicted octanol–water partition coefficient (Wildman–Crippen LogP) is 2.13. The molecule has 2 heterocycles. The van der Waals surface area contributed by atoms with Crippen molar-refractivity contribution in [1.29, 1.82) is 0 Å². The van der Waals surface area contributed by atoms with Crippen LogP contribution >= 0.6 is 0 Å². The van der Waals surface area contributed by atoms with E-state index in [1.165, 1.54) is 0 Å². The van der Waals surface area contributed by atoms with Crippen LogP contribution in [-0.2, 0) is 16.0 Å². The van der Waals surface area contributed by atoms with Gasteiger partial charge >= 0.3 is 0 Å². The van der Waals surface area contributed by atoms with Crippen molar-refractivity contribution in [3.8, 4) is 0 Å². The molecule has 0 aliphatic carbocycles. The van der Waals surface area contributed by atoms with Gasteiger partial charge in [0.25, 0.3) is 0 Å². The van der Waals surface area contributed by atoms with Gasteiger partial charge in [0, 0.05) is 24.5 Å². The molecule has 1 saturated heterocycles. The Morgan fingerprint density at radius 3 is 2.76 bits per heavy atom. The van der Waals surface area contributed by atoms with Gasteiger partial charge in [0.05, 0.1) is 6.20 Å². The van der Waals surface area contributed by atoms with Crippen molar-refractivity contribution >= 4 is 17.5 Å². The molecule has 2 amide bonds. The molecule has 1 aliphatic heterocycles. The number of aromatic nitrogens is 2. The molecular weight excluding hydrogens is 316 g/mol. The highest BCUT2D eigenvalue weighted by atomic mass is 16.2. The number of H-pyrrole nitrogens is 1. The molecule has 132 valence electrons. The molecule has 0 saturated carbocycles. The lowest BCUT2D eigenvalue weighted by molar-refractivity contribution is -0.132. The molecule has 2 N–H and O–H groups in total. The number of amides is 2. The number of carbonyl (C=O) groups is 2. The number of hydrogen-bond acceptors (Lipinski definition) is 3. The van der Waals surface area contributed by atoms with E-state index in [2.05, 4.69) is 15.5 Å². The van der Waals surface area contributed by atoms with Crippen molar-refractivity contribution in [3.05, 3.63) is 47.3 Å². The van der Waals surface area contributed by atoms with E-state index in [0.29, 0.717) is 19.5 Å². The third kappa shape index (κ3) is 3.90. The van der Waals surface area contributed by atoms with E-state index in [9.17, 15) is 9.59 Å². The van der Waals surface area contributed by atoms with Gasteiger partial charge in [-0.1, -0.05) is 17.7 Å². The smallest absolute Gasteiger partial charge is 0.239 e. The van der Waals surface area contributed by atoms with Crippen molar-refractivity contribution in [3.63, 3.8) is 0 Å². The minimum Gasteiger partial charge on any atom is -0.355 e. The second-order valence-electron chi connectivity index (χ2n) is 6.58. The molecule has 25 heavy (non-hydrogen) atoms. The minimum absolute atomic E-state index is 0.105. The summed E-state index contributed by atoms with van der Waals surface area (Å²) >= 11 is 0. The monoisotopic (exact) mass is 340 g/mol. The summed E-state index contributed by atoms with van der Waals surface area (Å²) in [5.74, 6) is -0.840. The van der Waals surface area contributed by atoms with Crippen LogP contribution in [0.15, 0.2) is 30.5 Å². The summed E-state index contributed by atoms with van der Waals surface area (Å²) in [6.07, 6.45) is 4.07. The van der Waals surface area contributed by atoms with E-state index in [4.69, 9.17) is 0 Å². The molecule has 1 atom stereocenters. The third-order valence-electron chi connectivity index (χ3n) is 4.72. The lowest BCUT2D eigenvalue weighted by Gasteiger charge is -2.17. The van der Waals surface area contributed by atoms with Gasteiger partial charge in [-0.25, -0.2) is 0 Å². The average Bonchev–Trinajstić information content (AvgIpc) is 3.18. The first-order valence-corrected chi connectivity index (χ1v) is 8.71. The summed E-state index contributed by atoms with van der Waals surface area (Å²) in [4.78, 5) is 26.6. The maximum atomic E-state index is 12.5. The van der Waals surface area contributed by atoms with Crippen LogP contribution in [0.5, 0.6) is 0 Å². The number of nitrogens with one attached hydrogen (secondary N) is 2. The summed E-state index contributed by atoms with van der Waals surface area (Å²) in [5, 5.41) is 9.79. The number of aromatic amines is 1. The number of rotatable bonds is 6. The highest BCUT2D eigenvalue weighted by Gasteiger charge is 2.37. The number of benzene rings is 1. The second-order valence-corrected chi connectivity index (χ2v) is 6.58. The fourth-order valence-electron chi connectivity index (χ4n) is 3.15.